The molecular weight excluding hydrogens is 526 g/mol. The van der Waals surface area contributed by atoms with Crippen LogP contribution in [0.1, 0.15) is 38.3 Å². The van der Waals surface area contributed by atoms with E-state index in [0.29, 0.717) is 18.7 Å². The lowest BCUT2D eigenvalue weighted by Gasteiger charge is -2.34. The van der Waals surface area contributed by atoms with E-state index < -0.39 is 28.5 Å². The van der Waals surface area contributed by atoms with Crippen LogP contribution >= 0.6 is 0 Å². The third-order valence-electron chi connectivity index (χ3n) is 6.64. The number of para-hydroxylation sites is 2. The Bertz CT molecular complexity index is 1390. The predicted octanol–water partition coefficient (Wildman–Crippen LogP) is 4.78. The molecule has 0 bridgehead atoms. The average molecular weight is 566 g/mol. The second kappa shape index (κ2) is 14.0. The van der Waals surface area contributed by atoms with Crippen LogP contribution in [0.3, 0.4) is 0 Å². The summed E-state index contributed by atoms with van der Waals surface area (Å²) in [5.41, 5.74) is 2.08. The first kappa shape index (κ1) is 30.7. The van der Waals surface area contributed by atoms with Crippen LogP contribution in [0.4, 0.5) is 5.69 Å². The molecule has 9 heteroatoms. The number of carbonyl (C=O) groups is 2. The molecule has 1 N–H and O–H groups in total. The van der Waals surface area contributed by atoms with Crippen molar-refractivity contribution >= 4 is 27.5 Å². The number of methoxy groups -OCH3 is 1. The molecule has 40 heavy (non-hydrogen) atoms. The molecule has 214 valence electrons. The predicted molar refractivity (Wildman–Crippen MR) is 158 cm³/mol. The highest BCUT2D eigenvalue weighted by Crippen LogP contribution is 2.32. The Kier molecular flexibility index (Phi) is 10.7. The summed E-state index contributed by atoms with van der Waals surface area (Å²) in [5.74, 6) is -0.228. The molecule has 0 heterocycles. The van der Waals surface area contributed by atoms with Crippen LogP contribution in [0.5, 0.6) is 5.75 Å². The number of amides is 2. The second-order valence-electron chi connectivity index (χ2n) is 10.0. The first-order valence-electron chi connectivity index (χ1n) is 13.4. The molecule has 3 aromatic rings. The molecule has 0 spiro atoms. The molecule has 0 aliphatic carbocycles. The zero-order valence-corrected chi connectivity index (χ0v) is 24.6. The number of ether oxygens (including phenoxy) is 1. The highest BCUT2D eigenvalue weighted by molar-refractivity contribution is 7.92. The van der Waals surface area contributed by atoms with E-state index in [1.165, 1.54) is 24.1 Å². The normalized spacial score (nSPS) is 12.1. The van der Waals surface area contributed by atoms with Crippen molar-refractivity contribution in [1.82, 2.24) is 10.2 Å². The SMILES string of the molecule is CC[C@H](C(=O)NCC(C)C)N(Cc1ccccc1C)C(=O)CN(c1ccccc1OC)S(=O)(=O)c1ccccc1. The van der Waals surface area contributed by atoms with Crippen LogP contribution in [-0.2, 0) is 26.2 Å². The number of carbonyl (C=O) groups excluding carboxylic acids is 2. The quantitative estimate of drug-likeness (QED) is 0.322. The molecule has 0 aliphatic rings. The summed E-state index contributed by atoms with van der Waals surface area (Å²) in [4.78, 5) is 29.0. The van der Waals surface area contributed by atoms with Gasteiger partial charge in [-0.1, -0.05) is 75.4 Å². The van der Waals surface area contributed by atoms with Crippen molar-refractivity contribution in [2.45, 2.75) is 51.6 Å². The third-order valence-corrected chi connectivity index (χ3v) is 8.41. The van der Waals surface area contributed by atoms with Crippen molar-refractivity contribution in [3.63, 3.8) is 0 Å². The smallest absolute Gasteiger partial charge is 0.264 e. The van der Waals surface area contributed by atoms with E-state index in [1.54, 1.807) is 42.5 Å². The largest absolute Gasteiger partial charge is 0.495 e. The number of hydrogen-bond acceptors (Lipinski definition) is 5. The minimum atomic E-state index is -4.17. The van der Waals surface area contributed by atoms with Crippen molar-refractivity contribution in [3.8, 4) is 5.75 Å². The third kappa shape index (κ3) is 7.41. The van der Waals surface area contributed by atoms with Crippen molar-refractivity contribution < 1.29 is 22.7 Å². The first-order chi connectivity index (χ1) is 19.1. The van der Waals surface area contributed by atoms with E-state index in [2.05, 4.69) is 5.32 Å². The maximum absolute atomic E-state index is 14.2. The number of benzene rings is 3. The molecule has 0 saturated carbocycles. The Morgan fingerprint density at radius 2 is 1.55 bits per heavy atom. The number of anilines is 1. The number of hydrogen-bond donors (Lipinski definition) is 1. The Labute approximate surface area is 238 Å². The zero-order chi connectivity index (χ0) is 29.3. The van der Waals surface area contributed by atoms with E-state index in [0.717, 1.165) is 15.4 Å². The van der Waals surface area contributed by atoms with Gasteiger partial charge < -0.3 is 15.0 Å². The molecule has 2 amide bonds. The van der Waals surface area contributed by atoms with Gasteiger partial charge in [0, 0.05) is 13.1 Å². The highest BCUT2D eigenvalue weighted by atomic mass is 32.2. The Morgan fingerprint density at radius 1 is 0.925 bits per heavy atom. The molecule has 0 unspecified atom stereocenters. The van der Waals surface area contributed by atoms with Gasteiger partial charge in [0.15, 0.2) is 0 Å². The van der Waals surface area contributed by atoms with Gasteiger partial charge in [-0.25, -0.2) is 8.42 Å². The van der Waals surface area contributed by atoms with Gasteiger partial charge in [0.05, 0.1) is 17.7 Å². The van der Waals surface area contributed by atoms with Gasteiger partial charge in [-0.05, 0) is 54.7 Å². The molecule has 0 radical (unpaired) electrons. The molecular formula is C31H39N3O5S. The number of sulfonamides is 1. The molecule has 0 fully saturated rings. The topological polar surface area (TPSA) is 96.0 Å². The standard InChI is InChI=1S/C31H39N3O5S/c1-6-27(31(36)32-20-23(2)3)33(21-25-15-11-10-14-24(25)4)30(35)22-34(28-18-12-13-19-29(28)39-5)40(37,38)26-16-8-7-9-17-26/h7-19,23,27H,6,20-22H2,1-5H3,(H,32,36)/t27-/m1/s1. The summed E-state index contributed by atoms with van der Waals surface area (Å²) >= 11 is 0. The van der Waals surface area contributed by atoms with Crippen LogP contribution in [0, 0.1) is 12.8 Å². The lowest BCUT2D eigenvalue weighted by atomic mass is 10.1. The van der Waals surface area contributed by atoms with Crippen LogP contribution in [-0.4, -0.2) is 51.4 Å². The Hall–Kier alpha value is -3.85. The van der Waals surface area contributed by atoms with Crippen LogP contribution in [0.2, 0.25) is 0 Å². The fourth-order valence-corrected chi connectivity index (χ4v) is 5.83. The molecule has 0 aliphatic heterocycles. The molecule has 8 nitrogen and oxygen atoms in total. The van der Waals surface area contributed by atoms with Crippen LogP contribution in [0.15, 0.2) is 83.8 Å². The number of nitrogens with zero attached hydrogens (tertiary/aromatic N) is 2. The first-order valence-corrected chi connectivity index (χ1v) is 14.9. The van der Waals surface area contributed by atoms with Gasteiger partial charge in [-0.3, -0.25) is 13.9 Å². The lowest BCUT2D eigenvalue weighted by Crippen LogP contribution is -2.52. The molecule has 3 aromatic carbocycles. The van der Waals surface area contributed by atoms with Gasteiger partial charge in [0.25, 0.3) is 10.0 Å². The second-order valence-corrected chi connectivity index (χ2v) is 11.9. The minimum absolute atomic E-state index is 0.0425. The van der Waals surface area contributed by atoms with Crippen molar-refractivity contribution in [1.29, 1.82) is 0 Å². The average Bonchev–Trinajstić information content (AvgIpc) is 2.95. The van der Waals surface area contributed by atoms with E-state index >= 15 is 0 Å². The summed E-state index contributed by atoms with van der Waals surface area (Å²) in [6.07, 6.45) is 0.363. The van der Waals surface area contributed by atoms with Crippen LogP contribution in [0.25, 0.3) is 0 Å². The van der Waals surface area contributed by atoms with E-state index in [4.69, 9.17) is 4.74 Å². The fraction of sp³-hybridized carbons (Fsp3) is 0.355. The van der Waals surface area contributed by atoms with E-state index in [9.17, 15) is 18.0 Å². The van der Waals surface area contributed by atoms with Crippen LogP contribution < -0.4 is 14.4 Å². The minimum Gasteiger partial charge on any atom is -0.495 e. The summed E-state index contributed by atoms with van der Waals surface area (Å²) in [7, 11) is -2.72. The molecule has 0 aromatic heterocycles. The Balaban J connectivity index is 2.08. The molecule has 1 atom stereocenters. The van der Waals surface area contributed by atoms with Gasteiger partial charge >= 0.3 is 0 Å². The Morgan fingerprint density at radius 3 is 2.17 bits per heavy atom. The van der Waals surface area contributed by atoms with Crippen molar-refractivity contribution in [2.75, 3.05) is 24.5 Å². The summed E-state index contributed by atoms with van der Waals surface area (Å²) < 4.78 is 34.4. The number of rotatable bonds is 13. The van der Waals surface area contributed by atoms with E-state index in [1.807, 2.05) is 52.0 Å². The van der Waals surface area contributed by atoms with E-state index in [-0.39, 0.29) is 29.0 Å². The monoisotopic (exact) mass is 565 g/mol. The van der Waals surface area contributed by atoms with Gasteiger partial charge in [0.2, 0.25) is 11.8 Å². The maximum Gasteiger partial charge on any atom is 0.264 e. The van der Waals surface area contributed by atoms with Gasteiger partial charge in [-0.2, -0.15) is 0 Å². The summed E-state index contributed by atoms with van der Waals surface area (Å²) in [5, 5.41) is 2.94. The zero-order valence-electron chi connectivity index (χ0n) is 23.8. The fourth-order valence-electron chi connectivity index (χ4n) is 4.38. The highest BCUT2D eigenvalue weighted by Gasteiger charge is 2.34. The summed E-state index contributed by atoms with van der Waals surface area (Å²) in [6, 6.07) is 21.5. The van der Waals surface area contributed by atoms with Gasteiger partial charge in [-0.15, -0.1) is 0 Å². The lowest BCUT2D eigenvalue weighted by molar-refractivity contribution is -0.140. The number of nitrogens with one attached hydrogen (secondary N) is 1. The van der Waals surface area contributed by atoms with Crippen molar-refractivity contribution in [2.24, 2.45) is 5.92 Å². The summed E-state index contributed by atoms with van der Waals surface area (Å²) in [6.45, 7) is 7.89. The molecule has 0 saturated heterocycles. The molecule has 3 rings (SSSR count). The number of aryl methyl sites for hydroxylation is 1. The van der Waals surface area contributed by atoms with Gasteiger partial charge in [0.1, 0.15) is 18.3 Å². The van der Waals surface area contributed by atoms with Crippen molar-refractivity contribution in [3.05, 3.63) is 90.0 Å². The maximum atomic E-state index is 14.2.